The second-order valence-corrected chi connectivity index (χ2v) is 9.61. The van der Waals surface area contributed by atoms with Crippen molar-refractivity contribution < 1.29 is 9.53 Å². The maximum absolute atomic E-state index is 12.7. The molecule has 5 heterocycles. The van der Waals surface area contributed by atoms with Crippen molar-refractivity contribution in [3.05, 3.63) is 35.5 Å². The van der Waals surface area contributed by atoms with E-state index in [0.29, 0.717) is 11.5 Å². The highest BCUT2D eigenvalue weighted by molar-refractivity contribution is 5.95. The van der Waals surface area contributed by atoms with Crippen LogP contribution in [0.25, 0.3) is 0 Å². The Morgan fingerprint density at radius 2 is 1.83 bits per heavy atom. The lowest BCUT2D eigenvalue weighted by Gasteiger charge is -2.31. The molecule has 0 atom stereocenters. The van der Waals surface area contributed by atoms with Gasteiger partial charge in [0.15, 0.2) is 0 Å². The molecule has 0 radical (unpaired) electrons. The van der Waals surface area contributed by atoms with Crippen LogP contribution in [-0.4, -0.2) is 101 Å². The first-order valence-electron chi connectivity index (χ1n) is 12.9. The van der Waals surface area contributed by atoms with Crippen molar-refractivity contribution in [2.75, 3.05) is 75.8 Å². The standard InChI is InChI=1S/C25H36N8O2/c1-19-21(24(34)32-9-2-3-10-32)18-28-23(29-19)20-5-11-31(12-6-20)13-8-26-22-4-7-27-25(30-22)33-14-16-35-17-15-33/h4,7,18,20H,2-3,5-6,8-17H2,1H3,(H,26,27,30). The van der Waals surface area contributed by atoms with Gasteiger partial charge in [0.25, 0.3) is 5.91 Å². The fraction of sp³-hybridized carbons (Fsp3) is 0.640. The van der Waals surface area contributed by atoms with Gasteiger partial charge in [-0.3, -0.25) is 4.79 Å². The van der Waals surface area contributed by atoms with Crippen molar-refractivity contribution >= 4 is 17.7 Å². The van der Waals surface area contributed by atoms with Gasteiger partial charge in [-0.15, -0.1) is 0 Å². The highest BCUT2D eigenvalue weighted by Crippen LogP contribution is 2.26. The monoisotopic (exact) mass is 480 g/mol. The Balaban J connectivity index is 1.08. The first-order valence-corrected chi connectivity index (χ1v) is 12.9. The molecule has 1 amide bonds. The smallest absolute Gasteiger partial charge is 0.257 e. The molecule has 0 spiro atoms. The third-order valence-electron chi connectivity index (χ3n) is 7.25. The molecule has 3 saturated heterocycles. The van der Waals surface area contributed by atoms with E-state index in [0.717, 1.165) is 115 Å². The summed E-state index contributed by atoms with van der Waals surface area (Å²) in [4.78, 5) is 37.7. The lowest BCUT2D eigenvalue weighted by molar-refractivity contribution is 0.0791. The number of nitrogens with one attached hydrogen (secondary N) is 1. The third kappa shape index (κ3) is 5.87. The lowest BCUT2D eigenvalue weighted by atomic mass is 9.95. The summed E-state index contributed by atoms with van der Waals surface area (Å²) in [6.07, 6.45) is 7.82. The maximum atomic E-state index is 12.7. The van der Waals surface area contributed by atoms with E-state index >= 15 is 0 Å². The lowest BCUT2D eigenvalue weighted by Crippen LogP contribution is -2.37. The highest BCUT2D eigenvalue weighted by atomic mass is 16.5. The molecular formula is C25H36N8O2. The van der Waals surface area contributed by atoms with E-state index in [-0.39, 0.29) is 5.91 Å². The van der Waals surface area contributed by atoms with E-state index in [1.807, 2.05) is 24.1 Å². The van der Waals surface area contributed by atoms with Crippen LogP contribution in [-0.2, 0) is 4.74 Å². The van der Waals surface area contributed by atoms with Crippen LogP contribution < -0.4 is 10.2 Å². The fourth-order valence-electron chi connectivity index (χ4n) is 5.10. The Hall–Kier alpha value is -2.85. The molecule has 10 heteroatoms. The fourth-order valence-corrected chi connectivity index (χ4v) is 5.10. The Morgan fingerprint density at radius 1 is 1.06 bits per heavy atom. The number of carbonyl (C=O) groups excluding carboxylic acids is 1. The molecule has 35 heavy (non-hydrogen) atoms. The third-order valence-corrected chi connectivity index (χ3v) is 7.25. The Kier molecular flexibility index (Phi) is 7.68. The van der Waals surface area contributed by atoms with Crippen LogP contribution in [0.1, 0.15) is 53.5 Å². The van der Waals surface area contributed by atoms with Gasteiger partial charge in [-0.05, 0) is 51.8 Å². The van der Waals surface area contributed by atoms with Crippen LogP contribution in [0, 0.1) is 6.92 Å². The van der Waals surface area contributed by atoms with Crippen LogP contribution in [0.15, 0.2) is 18.5 Å². The van der Waals surface area contributed by atoms with Gasteiger partial charge in [-0.2, -0.15) is 4.98 Å². The number of hydrogen-bond acceptors (Lipinski definition) is 9. The van der Waals surface area contributed by atoms with Crippen LogP contribution in [0.4, 0.5) is 11.8 Å². The number of ether oxygens (including phenoxy) is 1. The summed E-state index contributed by atoms with van der Waals surface area (Å²) in [5.41, 5.74) is 1.46. The van der Waals surface area contributed by atoms with Crippen LogP contribution in [0.5, 0.6) is 0 Å². The Labute approximate surface area is 207 Å². The van der Waals surface area contributed by atoms with E-state index in [2.05, 4.69) is 30.1 Å². The topological polar surface area (TPSA) is 99.6 Å². The van der Waals surface area contributed by atoms with E-state index in [1.54, 1.807) is 6.20 Å². The van der Waals surface area contributed by atoms with Crippen molar-refractivity contribution in [3.63, 3.8) is 0 Å². The molecule has 1 N–H and O–H groups in total. The van der Waals surface area contributed by atoms with E-state index in [1.165, 1.54) is 0 Å². The number of carbonyl (C=O) groups is 1. The first-order chi connectivity index (χ1) is 17.2. The minimum Gasteiger partial charge on any atom is -0.378 e. The molecule has 3 aliphatic rings. The van der Waals surface area contributed by atoms with Crippen LogP contribution >= 0.6 is 0 Å². The summed E-state index contributed by atoms with van der Waals surface area (Å²) in [5.74, 6) is 2.95. The molecule has 0 bridgehead atoms. The molecular weight excluding hydrogens is 444 g/mol. The average Bonchev–Trinajstić information content (AvgIpc) is 3.45. The predicted octanol–water partition coefficient (Wildman–Crippen LogP) is 1.94. The summed E-state index contributed by atoms with van der Waals surface area (Å²) in [6, 6.07) is 1.92. The second-order valence-electron chi connectivity index (χ2n) is 9.61. The van der Waals surface area contributed by atoms with Crippen molar-refractivity contribution in [2.45, 2.75) is 38.5 Å². The highest BCUT2D eigenvalue weighted by Gasteiger charge is 2.26. The molecule has 0 aliphatic carbocycles. The van der Waals surface area contributed by atoms with Gasteiger partial charge in [-0.25, -0.2) is 15.0 Å². The molecule has 188 valence electrons. The zero-order valence-electron chi connectivity index (χ0n) is 20.7. The van der Waals surface area contributed by atoms with Crippen molar-refractivity contribution in [2.24, 2.45) is 0 Å². The van der Waals surface area contributed by atoms with Crippen molar-refractivity contribution in [3.8, 4) is 0 Å². The van der Waals surface area contributed by atoms with Gasteiger partial charge in [0.1, 0.15) is 11.6 Å². The molecule has 3 fully saturated rings. The number of nitrogens with zero attached hydrogens (tertiary/aromatic N) is 7. The van der Waals surface area contributed by atoms with Gasteiger partial charge < -0.3 is 24.8 Å². The normalized spacial score (nSPS) is 19.8. The minimum atomic E-state index is 0.0784. The average molecular weight is 481 g/mol. The maximum Gasteiger partial charge on any atom is 0.257 e. The number of aromatic nitrogens is 4. The molecule has 2 aromatic heterocycles. The Morgan fingerprint density at radius 3 is 2.57 bits per heavy atom. The summed E-state index contributed by atoms with van der Waals surface area (Å²) in [7, 11) is 0. The van der Waals surface area contributed by atoms with E-state index in [4.69, 9.17) is 9.72 Å². The molecule has 0 unspecified atom stereocenters. The molecule has 2 aromatic rings. The second kappa shape index (κ2) is 11.3. The number of anilines is 2. The summed E-state index contributed by atoms with van der Waals surface area (Å²) < 4.78 is 5.42. The number of rotatable bonds is 7. The van der Waals surface area contributed by atoms with Crippen molar-refractivity contribution in [1.82, 2.24) is 29.7 Å². The quantitative estimate of drug-likeness (QED) is 0.637. The number of morpholine rings is 1. The molecule has 3 aliphatic heterocycles. The SMILES string of the molecule is Cc1nc(C2CCN(CCNc3ccnc(N4CCOCC4)n3)CC2)ncc1C(=O)N1CCCC1. The Bertz CT molecular complexity index is 999. The zero-order chi connectivity index (χ0) is 24.0. The number of hydrogen-bond donors (Lipinski definition) is 1. The molecule has 5 rings (SSSR count). The summed E-state index contributed by atoms with van der Waals surface area (Å²) in [5, 5.41) is 3.45. The van der Waals surface area contributed by atoms with E-state index in [9.17, 15) is 4.79 Å². The number of aryl methyl sites for hydroxylation is 1. The first kappa shape index (κ1) is 23.9. The number of likely N-dealkylation sites (tertiary alicyclic amines) is 2. The largest absolute Gasteiger partial charge is 0.378 e. The summed E-state index contributed by atoms with van der Waals surface area (Å²) in [6.45, 7) is 10.6. The number of piperidine rings is 1. The molecule has 10 nitrogen and oxygen atoms in total. The van der Waals surface area contributed by atoms with Crippen LogP contribution in [0.2, 0.25) is 0 Å². The molecule has 0 saturated carbocycles. The van der Waals surface area contributed by atoms with Gasteiger partial charge >= 0.3 is 0 Å². The van der Waals surface area contributed by atoms with Gasteiger partial charge in [-0.1, -0.05) is 0 Å². The van der Waals surface area contributed by atoms with E-state index < -0.39 is 0 Å². The van der Waals surface area contributed by atoms with Crippen molar-refractivity contribution in [1.29, 1.82) is 0 Å². The number of amides is 1. The minimum absolute atomic E-state index is 0.0784. The summed E-state index contributed by atoms with van der Waals surface area (Å²) >= 11 is 0. The van der Waals surface area contributed by atoms with Gasteiger partial charge in [0.05, 0.1) is 24.5 Å². The zero-order valence-corrected chi connectivity index (χ0v) is 20.7. The van der Waals surface area contributed by atoms with Crippen LogP contribution in [0.3, 0.4) is 0 Å². The predicted molar refractivity (Wildman–Crippen MR) is 134 cm³/mol. The molecule has 0 aromatic carbocycles. The van der Waals surface area contributed by atoms with Gasteiger partial charge in [0.2, 0.25) is 5.95 Å². The van der Waals surface area contributed by atoms with Gasteiger partial charge in [0, 0.05) is 57.6 Å².